The molecule has 0 bridgehead atoms. The molecule has 0 spiro atoms. The van der Waals surface area contributed by atoms with Crippen LogP contribution in [0.2, 0.25) is 0 Å². The fourth-order valence-electron chi connectivity index (χ4n) is 3.19. The van der Waals surface area contributed by atoms with E-state index >= 15 is 0 Å². The molecular weight excluding hydrogens is 434 g/mol. The number of hydrogen-bond acceptors (Lipinski definition) is 7. The quantitative estimate of drug-likeness (QED) is 0.491. The number of rotatable bonds is 7. The zero-order chi connectivity index (χ0) is 26.3. The Bertz CT molecular complexity index is 1310. The predicted molar refractivity (Wildman–Crippen MR) is 120 cm³/mol. The molecule has 2 aromatic heterocycles. The maximum absolute atomic E-state index is 14.8. The number of benzene rings is 1. The van der Waals surface area contributed by atoms with Crippen LogP contribution in [0.25, 0.3) is 5.65 Å². The Hall–Kier alpha value is -3.63. The fourth-order valence-corrected chi connectivity index (χ4v) is 3.19. The number of halogens is 2. The monoisotopic (exact) mass is 463 g/mol. The fraction of sp³-hybridized carbons (Fsp3) is 0.409. The first-order chi connectivity index (χ1) is 16.9. The van der Waals surface area contributed by atoms with Gasteiger partial charge in [-0.05, 0) is 11.8 Å². The Labute approximate surface area is 193 Å². The lowest BCUT2D eigenvalue weighted by atomic mass is 9.90. The molecule has 0 atom stereocenters. The van der Waals surface area contributed by atoms with Gasteiger partial charge in [0.05, 0.1) is 6.20 Å². The lowest BCUT2D eigenvalue weighted by Gasteiger charge is -2.22. The number of aromatic nitrogens is 3. The van der Waals surface area contributed by atoms with Crippen molar-refractivity contribution in [2.75, 3.05) is 37.4 Å². The molecule has 0 radical (unpaired) electrons. The summed E-state index contributed by atoms with van der Waals surface area (Å²) < 4.78 is 63.7. The summed E-state index contributed by atoms with van der Waals surface area (Å²) in [5, 5.41) is 11.9. The van der Waals surface area contributed by atoms with Crippen molar-refractivity contribution in [2.24, 2.45) is 5.41 Å². The van der Waals surface area contributed by atoms with E-state index < -0.39 is 24.5 Å². The molecule has 0 fully saturated rings. The van der Waals surface area contributed by atoms with Crippen molar-refractivity contribution in [3.8, 4) is 11.5 Å². The van der Waals surface area contributed by atoms with Crippen molar-refractivity contribution in [1.29, 1.82) is 0 Å². The summed E-state index contributed by atoms with van der Waals surface area (Å²) >= 11 is 0. The molecule has 1 aliphatic rings. The van der Waals surface area contributed by atoms with Crippen LogP contribution in [-0.4, -0.2) is 47.2 Å². The highest BCUT2D eigenvalue weighted by Crippen LogP contribution is 2.42. The molecule has 11 heteroatoms. The third-order valence-electron chi connectivity index (χ3n) is 5.51. The van der Waals surface area contributed by atoms with E-state index in [0.29, 0.717) is 6.54 Å². The number of amides is 1. The zero-order valence-corrected chi connectivity index (χ0v) is 18.4. The molecule has 3 N–H and O–H groups in total. The molecule has 3 heterocycles. The highest BCUT2D eigenvalue weighted by atomic mass is 19.2. The molecule has 176 valence electrons. The van der Waals surface area contributed by atoms with Gasteiger partial charge in [0.2, 0.25) is 0 Å². The largest absolute Gasteiger partial charge is 0.486 e. The van der Waals surface area contributed by atoms with E-state index in [1.54, 1.807) is 0 Å². The maximum Gasteiger partial charge on any atom is 0.256 e. The second-order valence-corrected chi connectivity index (χ2v) is 8.34. The van der Waals surface area contributed by atoms with Crippen LogP contribution in [0.1, 0.15) is 41.7 Å². The first kappa shape index (κ1) is 18.9. The standard InChI is InChI=1S/C22H26F2N6O3/c1-5-22(2,3)11-26-21(31)12-10-27-30-16(25-4)9-15(29-20(12)30)28-18-17(24)13(23)8-14-19(18)33-7-6-32-14/h8-10,25H,5-7,11H2,1-4H3,(H,26,31)(H,28,29)/i4D3. The first-order valence-electron chi connectivity index (χ1n) is 11.9. The summed E-state index contributed by atoms with van der Waals surface area (Å²) in [6, 6.07) is 2.12. The normalized spacial score (nSPS) is 14.9. The van der Waals surface area contributed by atoms with Crippen LogP contribution in [0, 0.1) is 17.0 Å². The van der Waals surface area contributed by atoms with Crippen LogP contribution < -0.4 is 25.4 Å². The van der Waals surface area contributed by atoms with Crippen molar-refractivity contribution >= 4 is 28.9 Å². The minimum absolute atomic E-state index is 0.00130. The molecule has 4 rings (SSSR count). The van der Waals surface area contributed by atoms with Gasteiger partial charge in [-0.3, -0.25) is 4.79 Å². The SMILES string of the molecule is [2H]C([2H])([2H])Nc1cc(Nc2c(F)c(F)cc3c2OCCO3)nc2c(C(=O)NCC(C)(C)CC)cnn12. The summed E-state index contributed by atoms with van der Waals surface area (Å²) in [5.41, 5.74) is -0.457. The lowest BCUT2D eigenvalue weighted by molar-refractivity contribution is 0.0937. The average molecular weight is 464 g/mol. The number of ether oxygens (including phenoxy) is 2. The number of fused-ring (bicyclic) bond motifs is 2. The average Bonchev–Trinajstić information content (AvgIpc) is 3.24. The second-order valence-electron chi connectivity index (χ2n) is 8.34. The van der Waals surface area contributed by atoms with Gasteiger partial charge in [0.15, 0.2) is 28.8 Å². The smallest absolute Gasteiger partial charge is 0.256 e. The Morgan fingerprint density at radius 2 is 2.09 bits per heavy atom. The van der Waals surface area contributed by atoms with Crippen molar-refractivity contribution in [3.63, 3.8) is 0 Å². The summed E-state index contributed by atoms with van der Waals surface area (Å²) in [4.78, 5) is 17.3. The Kier molecular flexibility index (Phi) is 4.99. The molecule has 0 saturated heterocycles. The second kappa shape index (κ2) is 8.72. The molecule has 1 aromatic carbocycles. The Morgan fingerprint density at radius 1 is 1.30 bits per heavy atom. The number of carbonyl (C=O) groups is 1. The minimum atomic E-state index is -2.62. The number of hydrogen-bond donors (Lipinski definition) is 3. The number of nitrogens with zero attached hydrogens (tertiary/aromatic N) is 3. The van der Waals surface area contributed by atoms with Crippen LogP contribution in [-0.2, 0) is 0 Å². The van der Waals surface area contributed by atoms with Gasteiger partial charge < -0.3 is 25.4 Å². The van der Waals surface area contributed by atoms with Gasteiger partial charge in [0.25, 0.3) is 5.91 Å². The van der Waals surface area contributed by atoms with Gasteiger partial charge in [0.1, 0.15) is 36.1 Å². The zero-order valence-electron chi connectivity index (χ0n) is 21.4. The van der Waals surface area contributed by atoms with Gasteiger partial charge in [-0.2, -0.15) is 9.61 Å². The van der Waals surface area contributed by atoms with Crippen molar-refractivity contribution < 1.29 is 27.2 Å². The minimum Gasteiger partial charge on any atom is -0.486 e. The number of nitrogens with one attached hydrogen (secondary N) is 3. The van der Waals surface area contributed by atoms with Gasteiger partial charge >= 0.3 is 0 Å². The van der Waals surface area contributed by atoms with Crippen molar-refractivity contribution in [1.82, 2.24) is 19.9 Å². The molecule has 1 aliphatic heterocycles. The van der Waals surface area contributed by atoms with E-state index in [9.17, 15) is 13.6 Å². The maximum atomic E-state index is 14.8. The van der Waals surface area contributed by atoms with Gasteiger partial charge in [-0.25, -0.2) is 13.8 Å². The highest BCUT2D eigenvalue weighted by Gasteiger charge is 2.25. The molecule has 9 nitrogen and oxygen atoms in total. The molecular formula is C22H26F2N6O3. The summed E-state index contributed by atoms with van der Waals surface area (Å²) in [5.74, 6) is -3.07. The summed E-state index contributed by atoms with van der Waals surface area (Å²) in [6.07, 6.45) is 2.09. The third kappa shape index (κ3) is 4.35. The molecule has 33 heavy (non-hydrogen) atoms. The predicted octanol–water partition coefficient (Wildman–Crippen LogP) is 3.73. The molecule has 1 amide bonds. The van der Waals surface area contributed by atoms with Crippen molar-refractivity contribution in [2.45, 2.75) is 27.2 Å². The molecule has 3 aromatic rings. The number of carbonyl (C=O) groups excluding carboxylic acids is 1. The molecule has 0 unspecified atom stereocenters. The van der Waals surface area contributed by atoms with E-state index in [2.05, 4.69) is 26.0 Å². The first-order valence-corrected chi connectivity index (χ1v) is 10.4. The van der Waals surface area contributed by atoms with Gasteiger partial charge in [-0.1, -0.05) is 20.8 Å². The van der Waals surface area contributed by atoms with E-state index in [0.717, 1.165) is 17.0 Å². The summed E-state index contributed by atoms with van der Waals surface area (Å²) in [7, 11) is 0. The van der Waals surface area contributed by atoms with Crippen LogP contribution in [0.4, 0.5) is 26.1 Å². The number of anilines is 3. The lowest BCUT2D eigenvalue weighted by Crippen LogP contribution is -2.33. The van der Waals surface area contributed by atoms with E-state index in [4.69, 9.17) is 13.6 Å². The molecule has 0 saturated carbocycles. The van der Waals surface area contributed by atoms with Crippen LogP contribution in [0.15, 0.2) is 18.3 Å². The Balaban J connectivity index is 1.78. The third-order valence-corrected chi connectivity index (χ3v) is 5.51. The highest BCUT2D eigenvalue weighted by molar-refractivity contribution is 6.00. The van der Waals surface area contributed by atoms with Gasteiger partial charge in [-0.15, -0.1) is 0 Å². The van der Waals surface area contributed by atoms with E-state index in [-0.39, 0.29) is 58.7 Å². The van der Waals surface area contributed by atoms with E-state index in [1.165, 1.54) is 12.3 Å². The van der Waals surface area contributed by atoms with Crippen molar-refractivity contribution in [3.05, 3.63) is 35.5 Å². The van der Waals surface area contributed by atoms with E-state index in [1.807, 2.05) is 20.8 Å². The van der Waals surface area contributed by atoms with Crippen LogP contribution in [0.5, 0.6) is 11.5 Å². The summed E-state index contributed by atoms with van der Waals surface area (Å²) in [6.45, 7) is 4.06. The Morgan fingerprint density at radius 3 is 2.85 bits per heavy atom. The topological polar surface area (TPSA) is 102 Å². The van der Waals surface area contributed by atoms with Gasteiger partial charge in [0, 0.05) is 29.8 Å². The van der Waals surface area contributed by atoms with Crippen LogP contribution >= 0.6 is 0 Å². The molecule has 0 aliphatic carbocycles. The van der Waals surface area contributed by atoms with Crippen LogP contribution in [0.3, 0.4) is 0 Å².